The summed E-state index contributed by atoms with van der Waals surface area (Å²) in [5, 5.41) is 0. The minimum atomic E-state index is -0.985. The molecule has 94 valence electrons. The van der Waals surface area contributed by atoms with Crippen LogP contribution in [0.3, 0.4) is 0 Å². The summed E-state index contributed by atoms with van der Waals surface area (Å²) in [7, 11) is 1.39. The van der Waals surface area contributed by atoms with Crippen molar-refractivity contribution >= 4 is 15.9 Å². The number of nitrogens with zero attached hydrogens (tertiary/aromatic N) is 1. The smallest absolute Gasteiger partial charge is 0.213 e. The first-order valence-corrected chi connectivity index (χ1v) is 5.66. The molecule has 18 heavy (non-hydrogen) atoms. The minimum absolute atomic E-state index is 0.205. The number of ether oxygens (including phenoxy) is 1. The Morgan fingerprint density at radius 3 is 2.28 bits per heavy atom. The summed E-state index contributed by atoms with van der Waals surface area (Å²) in [6, 6.07) is 2.61. The van der Waals surface area contributed by atoms with Gasteiger partial charge >= 0.3 is 0 Å². The fourth-order valence-corrected chi connectivity index (χ4v) is 1.94. The topological polar surface area (TPSA) is 22.1 Å². The molecule has 0 N–H and O–H groups in total. The van der Waals surface area contributed by atoms with Crippen molar-refractivity contribution in [2.24, 2.45) is 0 Å². The van der Waals surface area contributed by atoms with Gasteiger partial charge < -0.3 is 4.74 Å². The van der Waals surface area contributed by atoms with Crippen molar-refractivity contribution in [3.63, 3.8) is 0 Å². The second-order valence-electron chi connectivity index (χ2n) is 3.45. The number of halogens is 4. The zero-order valence-electron chi connectivity index (χ0n) is 9.18. The second-order valence-corrected chi connectivity index (χ2v) is 4.31. The van der Waals surface area contributed by atoms with Crippen LogP contribution in [-0.4, -0.2) is 12.1 Å². The van der Waals surface area contributed by atoms with Crippen molar-refractivity contribution in [3.8, 4) is 17.0 Å². The van der Waals surface area contributed by atoms with Crippen molar-refractivity contribution in [2.75, 3.05) is 7.11 Å². The molecule has 0 atom stereocenters. The van der Waals surface area contributed by atoms with Gasteiger partial charge in [-0.15, -0.1) is 0 Å². The molecule has 1 aromatic carbocycles. The first-order chi connectivity index (χ1) is 8.52. The third-order valence-corrected chi connectivity index (χ3v) is 2.95. The van der Waals surface area contributed by atoms with Crippen molar-refractivity contribution in [1.29, 1.82) is 0 Å². The maximum Gasteiger partial charge on any atom is 0.213 e. The van der Waals surface area contributed by atoms with E-state index < -0.39 is 17.5 Å². The van der Waals surface area contributed by atoms with E-state index >= 15 is 0 Å². The zero-order valence-corrected chi connectivity index (χ0v) is 10.8. The van der Waals surface area contributed by atoms with Gasteiger partial charge in [0.05, 0.1) is 12.7 Å². The molecule has 2 rings (SSSR count). The van der Waals surface area contributed by atoms with Gasteiger partial charge in [0.1, 0.15) is 17.5 Å². The van der Waals surface area contributed by atoms with Crippen LogP contribution in [0.25, 0.3) is 11.1 Å². The Morgan fingerprint density at radius 1 is 1.11 bits per heavy atom. The number of methoxy groups -OCH3 is 1. The van der Waals surface area contributed by atoms with Gasteiger partial charge in [-0.3, -0.25) is 0 Å². The second kappa shape index (κ2) is 4.97. The molecule has 0 aliphatic carbocycles. The first kappa shape index (κ1) is 12.9. The number of aromatic nitrogens is 1. The van der Waals surface area contributed by atoms with Crippen molar-refractivity contribution in [1.82, 2.24) is 4.98 Å². The maximum atomic E-state index is 13.7. The third-order valence-electron chi connectivity index (χ3n) is 2.32. The number of rotatable bonds is 2. The molecule has 0 fully saturated rings. The number of pyridine rings is 1. The largest absolute Gasteiger partial charge is 0.481 e. The zero-order chi connectivity index (χ0) is 13.3. The SMILES string of the molecule is COc1cc(-c2c(F)cc(F)cc2F)c(Br)cn1. The van der Waals surface area contributed by atoms with Gasteiger partial charge in [0.15, 0.2) is 0 Å². The van der Waals surface area contributed by atoms with Crippen LogP contribution in [0.15, 0.2) is 28.9 Å². The highest BCUT2D eigenvalue weighted by atomic mass is 79.9. The Morgan fingerprint density at radius 2 is 1.72 bits per heavy atom. The van der Waals surface area contributed by atoms with E-state index in [0.717, 1.165) is 0 Å². The first-order valence-electron chi connectivity index (χ1n) is 4.87. The molecule has 0 bridgehead atoms. The van der Waals surface area contributed by atoms with E-state index in [4.69, 9.17) is 4.74 Å². The van der Waals surface area contributed by atoms with Crippen molar-refractivity contribution < 1.29 is 17.9 Å². The molecule has 2 nitrogen and oxygen atoms in total. The van der Waals surface area contributed by atoms with Crippen molar-refractivity contribution in [2.45, 2.75) is 0 Å². The van der Waals surface area contributed by atoms with Crippen LogP contribution >= 0.6 is 15.9 Å². The molecule has 0 amide bonds. The van der Waals surface area contributed by atoms with Gasteiger partial charge in [-0.2, -0.15) is 0 Å². The van der Waals surface area contributed by atoms with E-state index in [1.807, 2.05) is 0 Å². The highest BCUT2D eigenvalue weighted by Crippen LogP contribution is 2.34. The lowest BCUT2D eigenvalue weighted by molar-refractivity contribution is 0.398. The van der Waals surface area contributed by atoms with Gasteiger partial charge in [0.25, 0.3) is 0 Å². The van der Waals surface area contributed by atoms with Gasteiger partial charge in [-0.1, -0.05) is 0 Å². The van der Waals surface area contributed by atoms with Crippen LogP contribution in [0, 0.1) is 17.5 Å². The van der Waals surface area contributed by atoms with E-state index in [-0.39, 0.29) is 17.0 Å². The highest BCUT2D eigenvalue weighted by molar-refractivity contribution is 9.10. The molecular formula is C12H7BrF3NO. The Kier molecular flexibility index (Phi) is 3.56. The Bertz CT molecular complexity index is 581. The van der Waals surface area contributed by atoms with Crippen molar-refractivity contribution in [3.05, 3.63) is 46.3 Å². The molecule has 0 saturated heterocycles. The fraction of sp³-hybridized carbons (Fsp3) is 0.0833. The molecule has 2 aromatic rings. The fourth-order valence-electron chi connectivity index (χ4n) is 1.52. The van der Waals surface area contributed by atoms with Crippen LogP contribution < -0.4 is 4.74 Å². The predicted octanol–water partition coefficient (Wildman–Crippen LogP) is 3.94. The summed E-state index contributed by atoms with van der Waals surface area (Å²) in [5.41, 5.74) is -0.124. The summed E-state index contributed by atoms with van der Waals surface area (Å²) < 4.78 is 45.4. The van der Waals surface area contributed by atoms with Crippen LogP contribution in [0.4, 0.5) is 13.2 Å². The van der Waals surface area contributed by atoms with Crippen LogP contribution in [0.1, 0.15) is 0 Å². The van der Waals surface area contributed by atoms with Gasteiger partial charge in [0.2, 0.25) is 5.88 Å². The average Bonchev–Trinajstić information content (AvgIpc) is 2.30. The lowest BCUT2D eigenvalue weighted by Crippen LogP contribution is -1.95. The van der Waals surface area contributed by atoms with E-state index in [0.29, 0.717) is 16.6 Å². The number of hydrogen-bond acceptors (Lipinski definition) is 2. The summed E-state index contributed by atoms with van der Waals surface area (Å²) in [6.45, 7) is 0. The molecule has 0 radical (unpaired) electrons. The quantitative estimate of drug-likeness (QED) is 0.837. The average molecular weight is 318 g/mol. The monoisotopic (exact) mass is 317 g/mol. The van der Waals surface area contributed by atoms with E-state index in [1.54, 1.807) is 0 Å². The normalized spacial score (nSPS) is 10.5. The number of hydrogen-bond donors (Lipinski definition) is 0. The van der Waals surface area contributed by atoms with Crippen LogP contribution in [0.5, 0.6) is 5.88 Å². The van der Waals surface area contributed by atoms with Crippen LogP contribution in [-0.2, 0) is 0 Å². The molecule has 0 spiro atoms. The standard InChI is InChI=1S/C12H7BrF3NO/c1-18-11-4-7(8(13)5-17-11)12-9(15)2-6(14)3-10(12)16/h2-5H,1H3. The molecule has 1 aromatic heterocycles. The molecule has 0 aliphatic rings. The summed E-state index contributed by atoms with van der Waals surface area (Å²) in [5.74, 6) is -2.73. The van der Waals surface area contributed by atoms with Gasteiger partial charge in [0, 0.05) is 34.4 Å². The molecule has 6 heteroatoms. The molecule has 0 unspecified atom stereocenters. The predicted molar refractivity (Wildman–Crippen MR) is 63.8 cm³/mol. The molecule has 0 saturated carbocycles. The minimum Gasteiger partial charge on any atom is -0.481 e. The van der Waals surface area contributed by atoms with E-state index in [1.165, 1.54) is 19.4 Å². The summed E-state index contributed by atoms with van der Waals surface area (Å²) >= 11 is 3.14. The summed E-state index contributed by atoms with van der Waals surface area (Å²) in [4.78, 5) is 3.87. The van der Waals surface area contributed by atoms with E-state index in [9.17, 15) is 13.2 Å². The molecule has 0 aliphatic heterocycles. The van der Waals surface area contributed by atoms with Gasteiger partial charge in [-0.25, -0.2) is 18.2 Å². The Balaban J connectivity index is 2.68. The van der Waals surface area contributed by atoms with Crippen LogP contribution in [0.2, 0.25) is 0 Å². The number of benzene rings is 1. The maximum absolute atomic E-state index is 13.7. The third kappa shape index (κ3) is 2.33. The lowest BCUT2D eigenvalue weighted by Gasteiger charge is -2.09. The molecular weight excluding hydrogens is 311 g/mol. The lowest BCUT2D eigenvalue weighted by atomic mass is 10.1. The van der Waals surface area contributed by atoms with E-state index in [2.05, 4.69) is 20.9 Å². The van der Waals surface area contributed by atoms with Gasteiger partial charge in [-0.05, 0) is 15.9 Å². The summed E-state index contributed by atoms with van der Waals surface area (Å²) in [6.07, 6.45) is 1.36. The Hall–Kier alpha value is -1.56. The molecule has 1 heterocycles. The highest BCUT2D eigenvalue weighted by Gasteiger charge is 2.17. The Labute approximate surface area is 110 Å².